The second-order valence-electron chi connectivity index (χ2n) is 7.12. The average Bonchev–Trinajstić information content (AvgIpc) is 2.67. The van der Waals surface area contributed by atoms with Gasteiger partial charge in [0.15, 0.2) is 0 Å². The number of nitrogens with zero attached hydrogens (tertiary/aromatic N) is 2. The van der Waals surface area contributed by atoms with Crippen LogP contribution in [0.15, 0.2) is 24.3 Å². The summed E-state index contributed by atoms with van der Waals surface area (Å²) in [6, 6.07) is 7.62. The fourth-order valence-electron chi connectivity index (χ4n) is 3.25. The minimum Gasteiger partial charge on any atom is -0.497 e. The summed E-state index contributed by atoms with van der Waals surface area (Å²) in [7, 11) is 3.23. The Morgan fingerprint density at radius 3 is 2.56 bits per heavy atom. The lowest BCUT2D eigenvalue weighted by molar-refractivity contribution is -0.146. The van der Waals surface area contributed by atoms with E-state index in [0.29, 0.717) is 32.4 Å². The number of amides is 2. The Morgan fingerprint density at radius 2 is 1.96 bits per heavy atom. The van der Waals surface area contributed by atoms with Crippen LogP contribution in [0.1, 0.15) is 37.7 Å². The normalized spacial score (nSPS) is 15.9. The number of benzene rings is 1. The molecule has 1 fully saturated rings. The molecule has 1 aliphatic heterocycles. The van der Waals surface area contributed by atoms with Crippen LogP contribution in [0.4, 0.5) is 0 Å². The van der Waals surface area contributed by atoms with Crippen molar-refractivity contribution in [2.45, 2.75) is 32.1 Å². The van der Waals surface area contributed by atoms with Crippen molar-refractivity contribution in [3.63, 3.8) is 0 Å². The van der Waals surface area contributed by atoms with Crippen molar-refractivity contribution >= 4 is 17.8 Å². The Bertz CT molecular complexity index is 683. The van der Waals surface area contributed by atoms with E-state index >= 15 is 0 Å². The van der Waals surface area contributed by atoms with Gasteiger partial charge in [0.25, 0.3) is 0 Å². The first-order valence-corrected chi connectivity index (χ1v) is 9.20. The number of carboxylic acids is 1. The molecule has 27 heavy (non-hydrogen) atoms. The Balaban J connectivity index is 1.84. The number of carboxylic acid groups (broad SMARTS) is 1. The van der Waals surface area contributed by atoms with E-state index in [9.17, 15) is 14.4 Å². The fraction of sp³-hybridized carbons (Fsp3) is 0.550. The molecule has 148 valence electrons. The van der Waals surface area contributed by atoms with Crippen molar-refractivity contribution in [3.8, 4) is 5.75 Å². The van der Waals surface area contributed by atoms with E-state index in [0.717, 1.165) is 11.3 Å². The second-order valence-corrected chi connectivity index (χ2v) is 7.12. The quantitative estimate of drug-likeness (QED) is 0.786. The molecular weight excluding hydrogens is 348 g/mol. The van der Waals surface area contributed by atoms with Gasteiger partial charge in [-0.1, -0.05) is 19.1 Å². The topological polar surface area (TPSA) is 87.2 Å². The molecule has 0 aromatic heterocycles. The van der Waals surface area contributed by atoms with Gasteiger partial charge in [0.2, 0.25) is 11.8 Å². The lowest BCUT2D eigenvalue weighted by Crippen LogP contribution is -2.45. The van der Waals surface area contributed by atoms with E-state index in [-0.39, 0.29) is 30.2 Å². The predicted octanol–water partition coefficient (Wildman–Crippen LogP) is 1.97. The van der Waals surface area contributed by atoms with Crippen LogP contribution in [0.2, 0.25) is 0 Å². The van der Waals surface area contributed by atoms with Gasteiger partial charge in [-0.05, 0) is 36.5 Å². The summed E-state index contributed by atoms with van der Waals surface area (Å²) < 4.78 is 5.22. The molecule has 0 saturated carbocycles. The maximum absolute atomic E-state index is 12.5. The molecule has 1 N–H and O–H groups in total. The highest BCUT2D eigenvalue weighted by Gasteiger charge is 2.28. The van der Waals surface area contributed by atoms with Gasteiger partial charge in [-0.25, -0.2) is 0 Å². The summed E-state index contributed by atoms with van der Waals surface area (Å²) in [5.41, 5.74) is 1.01. The minimum absolute atomic E-state index is 0.0106. The summed E-state index contributed by atoms with van der Waals surface area (Å²) in [5.74, 6) is -0.655. The zero-order valence-corrected chi connectivity index (χ0v) is 16.2. The predicted molar refractivity (Wildman–Crippen MR) is 101 cm³/mol. The largest absolute Gasteiger partial charge is 0.497 e. The lowest BCUT2D eigenvalue weighted by atomic mass is 9.96. The molecule has 7 heteroatoms. The summed E-state index contributed by atoms with van der Waals surface area (Å²) in [5, 5.41) is 9.03. The molecule has 2 rings (SSSR count). The SMILES string of the molecule is COc1cccc(C(C)CC(=O)N(C)CC(=O)N2CCC(C(=O)O)CC2)c1. The van der Waals surface area contributed by atoms with Gasteiger partial charge in [0, 0.05) is 26.6 Å². The first kappa shape index (κ1) is 20.7. The molecule has 1 unspecified atom stereocenters. The first-order chi connectivity index (χ1) is 12.8. The van der Waals surface area contributed by atoms with E-state index in [1.807, 2.05) is 31.2 Å². The fourth-order valence-corrected chi connectivity index (χ4v) is 3.25. The summed E-state index contributed by atoms with van der Waals surface area (Å²) in [6.45, 7) is 2.84. The van der Waals surface area contributed by atoms with Crippen LogP contribution in [-0.2, 0) is 14.4 Å². The van der Waals surface area contributed by atoms with Crippen LogP contribution in [0.25, 0.3) is 0 Å². The van der Waals surface area contributed by atoms with E-state index < -0.39 is 5.97 Å². The molecule has 1 aromatic rings. The monoisotopic (exact) mass is 376 g/mol. The Morgan fingerprint density at radius 1 is 1.30 bits per heavy atom. The molecule has 1 saturated heterocycles. The number of hydrogen-bond acceptors (Lipinski definition) is 4. The van der Waals surface area contributed by atoms with Crippen LogP contribution >= 0.6 is 0 Å². The molecule has 1 aliphatic rings. The second kappa shape index (κ2) is 9.39. The number of likely N-dealkylation sites (N-methyl/N-ethyl adjacent to an activating group) is 1. The first-order valence-electron chi connectivity index (χ1n) is 9.20. The van der Waals surface area contributed by atoms with Crippen LogP contribution < -0.4 is 4.74 Å². The van der Waals surface area contributed by atoms with Crippen molar-refractivity contribution in [3.05, 3.63) is 29.8 Å². The van der Waals surface area contributed by atoms with Gasteiger partial charge in [0.05, 0.1) is 19.6 Å². The van der Waals surface area contributed by atoms with Gasteiger partial charge in [0.1, 0.15) is 5.75 Å². The number of rotatable bonds is 7. The van der Waals surface area contributed by atoms with E-state index in [4.69, 9.17) is 9.84 Å². The number of piperidine rings is 1. The molecule has 0 spiro atoms. The van der Waals surface area contributed by atoms with E-state index in [1.54, 1.807) is 19.1 Å². The van der Waals surface area contributed by atoms with Gasteiger partial charge in [-0.3, -0.25) is 14.4 Å². The van der Waals surface area contributed by atoms with Crippen molar-refractivity contribution in [1.82, 2.24) is 9.80 Å². The third kappa shape index (κ3) is 5.70. The van der Waals surface area contributed by atoms with Gasteiger partial charge >= 0.3 is 5.97 Å². The summed E-state index contributed by atoms with van der Waals surface area (Å²) >= 11 is 0. The molecule has 0 bridgehead atoms. The molecule has 2 amide bonds. The van der Waals surface area contributed by atoms with Gasteiger partial charge < -0.3 is 19.6 Å². The zero-order valence-electron chi connectivity index (χ0n) is 16.2. The summed E-state index contributed by atoms with van der Waals surface area (Å²) in [6.07, 6.45) is 1.23. The molecule has 0 radical (unpaired) electrons. The van der Waals surface area contributed by atoms with E-state index in [2.05, 4.69) is 0 Å². The Hall–Kier alpha value is -2.57. The molecular formula is C20H28N2O5. The molecule has 7 nitrogen and oxygen atoms in total. The highest BCUT2D eigenvalue weighted by atomic mass is 16.5. The zero-order chi connectivity index (χ0) is 20.0. The third-order valence-corrected chi connectivity index (χ3v) is 5.14. The number of likely N-dealkylation sites (tertiary alicyclic amines) is 1. The van der Waals surface area contributed by atoms with E-state index in [1.165, 1.54) is 4.90 Å². The Labute approximate surface area is 159 Å². The minimum atomic E-state index is -0.805. The summed E-state index contributed by atoms with van der Waals surface area (Å²) in [4.78, 5) is 39.0. The average molecular weight is 376 g/mol. The van der Waals surface area contributed by atoms with Crippen molar-refractivity contribution in [1.29, 1.82) is 0 Å². The number of hydrogen-bond donors (Lipinski definition) is 1. The third-order valence-electron chi connectivity index (χ3n) is 5.14. The van der Waals surface area contributed by atoms with Crippen LogP contribution in [0, 0.1) is 5.92 Å². The van der Waals surface area contributed by atoms with Gasteiger partial charge in [-0.15, -0.1) is 0 Å². The van der Waals surface area contributed by atoms with Crippen LogP contribution in [0.5, 0.6) is 5.75 Å². The van der Waals surface area contributed by atoms with Gasteiger partial charge in [-0.2, -0.15) is 0 Å². The number of methoxy groups -OCH3 is 1. The Kier molecular flexibility index (Phi) is 7.21. The molecule has 0 aliphatic carbocycles. The van der Waals surface area contributed by atoms with Crippen LogP contribution in [0.3, 0.4) is 0 Å². The molecule has 1 aromatic carbocycles. The number of aliphatic carboxylic acids is 1. The maximum atomic E-state index is 12.5. The standard InChI is InChI=1S/C20H28N2O5/c1-14(16-5-4-6-17(12-16)27-3)11-18(23)21(2)13-19(24)22-9-7-15(8-10-22)20(25)26/h4-6,12,14-15H,7-11,13H2,1-3H3,(H,25,26). The smallest absolute Gasteiger partial charge is 0.306 e. The number of carbonyl (C=O) groups is 3. The highest BCUT2D eigenvalue weighted by Crippen LogP contribution is 2.24. The maximum Gasteiger partial charge on any atom is 0.306 e. The van der Waals surface area contributed by atoms with Crippen molar-refractivity contribution in [2.24, 2.45) is 5.92 Å². The number of carbonyl (C=O) groups excluding carboxylic acids is 2. The lowest BCUT2D eigenvalue weighted by Gasteiger charge is -2.31. The molecule has 1 heterocycles. The van der Waals surface area contributed by atoms with Crippen molar-refractivity contribution < 1.29 is 24.2 Å². The molecule has 1 atom stereocenters. The number of ether oxygens (including phenoxy) is 1. The van der Waals surface area contributed by atoms with Crippen molar-refractivity contribution in [2.75, 3.05) is 33.8 Å². The highest BCUT2D eigenvalue weighted by molar-refractivity contribution is 5.85. The van der Waals surface area contributed by atoms with Crippen LogP contribution in [-0.4, -0.2) is 66.5 Å².